The van der Waals surface area contributed by atoms with Crippen molar-refractivity contribution in [3.8, 4) is 0 Å². The molecule has 0 aliphatic rings. The largest absolute Gasteiger partial charge is 0.478 e. The fraction of sp³-hybridized carbons (Fsp3) is 0.118. The highest BCUT2D eigenvalue weighted by atomic mass is 16.4. The van der Waals surface area contributed by atoms with Crippen molar-refractivity contribution in [3.63, 3.8) is 0 Å². The van der Waals surface area contributed by atoms with E-state index in [0.717, 1.165) is 15.7 Å². The third-order valence-corrected chi connectivity index (χ3v) is 3.65. The first-order valence-corrected chi connectivity index (χ1v) is 7.01. The summed E-state index contributed by atoms with van der Waals surface area (Å²) in [4.78, 5) is 38.3. The number of rotatable bonds is 3. The predicted molar refractivity (Wildman–Crippen MR) is 86.1 cm³/mol. The van der Waals surface area contributed by atoms with Gasteiger partial charge >= 0.3 is 11.7 Å². The van der Waals surface area contributed by atoms with Crippen molar-refractivity contribution in [3.05, 3.63) is 80.0 Å². The summed E-state index contributed by atoms with van der Waals surface area (Å²) in [5.74, 6) is -1.11. The van der Waals surface area contributed by atoms with Crippen LogP contribution in [0, 0.1) is 6.92 Å². The molecule has 3 aromatic rings. The van der Waals surface area contributed by atoms with Crippen molar-refractivity contribution < 1.29 is 9.90 Å². The normalized spacial score (nSPS) is 10.8. The molecule has 116 valence electrons. The zero-order valence-electron chi connectivity index (χ0n) is 12.4. The summed E-state index contributed by atoms with van der Waals surface area (Å²) in [5, 5.41) is 9.26. The minimum Gasteiger partial charge on any atom is -0.478 e. The smallest absolute Gasteiger partial charge is 0.335 e. The van der Waals surface area contributed by atoms with Crippen LogP contribution < -0.4 is 11.2 Å². The Hall–Kier alpha value is -3.15. The van der Waals surface area contributed by atoms with Crippen molar-refractivity contribution in [1.82, 2.24) is 9.55 Å². The van der Waals surface area contributed by atoms with Gasteiger partial charge in [-0.1, -0.05) is 29.8 Å². The van der Waals surface area contributed by atoms with Crippen LogP contribution in [0.25, 0.3) is 10.9 Å². The number of carboxylic acids is 1. The van der Waals surface area contributed by atoms with Crippen molar-refractivity contribution >= 4 is 16.9 Å². The number of benzene rings is 2. The second-order valence-electron chi connectivity index (χ2n) is 5.38. The van der Waals surface area contributed by atoms with Crippen molar-refractivity contribution in [1.29, 1.82) is 0 Å². The molecule has 2 N–H and O–H groups in total. The quantitative estimate of drug-likeness (QED) is 0.771. The first-order chi connectivity index (χ1) is 11.0. The number of carbonyl (C=O) groups is 1. The van der Waals surface area contributed by atoms with Gasteiger partial charge in [-0.15, -0.1) is 0 Å². The summed E-state index contributed by atoms with van der Waals surface area (Å²) >= 11 is 0. The van der Waals surface area contributed by atoms with Crippen LogP contribution in [0.3, 0.4) is 0 Å². The number of aromatic carboxylic acids is 1. The summed E-state index contributed by atoms with van der Waals surface area (Å²) in [6.07, 6.45) is 0. The molecule has 6 nitrogen and oxygen atoms in total. The summed E-state index contributed by atoms with van der Waals surface area (Å²) in [6.45, 7) is 2.09. The Kier molecular flexibility index (Phi) is 3.57. The molecule has 0 fully saturated rings. The number of H-pyrrole nitrogens is 1. The number of hydrogen-bond acceptors (Lipinski definition) is 3. The van der Waals surface area contributed by atoms with E-state index in [9.17, 15) is 14.4 Å². The van der Waals surface area contributed by atoms with E-state index in [-0.39, 0.29) is 23.0 Å². The molecule has 0 saturated heterocycles. The molecule has 0 amide bonds. The van der Waals surface area contributed by atoms with Gasteiger partial charge in [-0.3, -0.25) is 9.36 Å². The van der Waals surface area contributed by atoms with Gasteiger partial charge < -0.3 is 10.1 Å². The molecule has 0 saturated carbocycles. The minimum atomic E-state index is -1.11. The molecular weight excluding hydrogens is 296 g/mol. The molecular formula is C17H14N2O4. The highest BCUT2D eigenvalue weighted by Gasteiger charge is 2.11. The average molecular weight is 310 g/mol. The second kappa shape index (κ2) is 5.57. The lowest BCUT2D eigenvalue weighted by molar-refractivity contribution is 0.0697. The summed E-state index contributed by atoms with van der Waals surface area (Å²) in [7, 11) is 0. The number of hydrogen-bond donors (Lipinski definition) is 2. The molecule has 1 heterocycles. The van der Waals surface area contributed by atoms with Crippen molar-refractivity contribution in [2.45, 2.75) is 13.5 Å². The van der Waals surface area contributed by atoms with E-state index in [2.05, 4.69) is 4.98 Å². The Labute approximate surface area is 130 Å². The SMILES string of the molecule is Cc1cccc(Cn2c(=O)[nH]c3cc(C(=O)O)ccc3c2=O)c1. The van der Waals surface area contributed by atoms with Crippen molar-refractivity contribution in [2.24, 2.45) is 0 Å². The van der Waals surface area contributed by atoms with E-state index in [1.165, 1.54) is 18.2 Å². The van der Waals surface area contributed by atoms with Gasteiger partial charge in [0.15, 0.2) is 0 Å². The number of nitrogens with one attached hydrogen (secondary N) is 1. The summed E-state index contributed by atoms with van der Waals surface area (Å²) in [5.41, 5.74) is 1.12. The Morgan fingerprint density at radius 2 is 1.96 bits per heavy atom. The minimum absolute atomic E-state index is 0.0176. The Balaban J connectivity index is 2.15. The lowest BCUT2D eigenvalue weighted by Crippen LogP contribution is -2.35. The number of fused-ring (bicyclic) bond motifs is 1. The lowest BCUT2D eigenvalue weighted by atomic mass is 10.1. The molecule has 0 atom stereocenters. The number of carboxylic acid groups (broad SMARTS) is 1. The van der Waals surface area contributed by atoms with E-state index >= 15 is 0 Å². The second-order valence-corrected chi connectivity index (χ2v) is 5.38. The zero-order chi connectivity index (χ0) is 16.6. The van der Waals surface area contributed by atoms with E-state index in [1.54, 1.807) is 0 Å². The molecule has 2 aromatic carbocycles. The van der Waals surface area contributed by atoms with Crippen LogP contribution in [-0.2, 0) is 6.54 Å². The van der Waals surface area contributed by atoms with Crippen LogP contribution in [-0.4, -0.2) is 20.6 Å². The van der Waals surface area contributed by atoms with Gasteiger partial charge in [0.05, 0.1) is 23.0 Å². The molecule has 0 bridgehead atoms. The first-order valence-electron chi connectivity index (χ1n) is 7.01. The summed E-state index contributed by atoms with van der Waals surface area (Å²) < 4.78 is 1.11. The van der Waals surface area contributed by atoms with Gasteiger partial charge in [0.25, 0.3) is 5.56 Å². The molecule has 0 unspecified atom stereocenters. The maximum absolute atomic E-state index is 12.5. The summed E-state index contributed by atoms with van der Waals surface area (Å²) in [6, 6.07) is 11.6. The van der Waals surface area contributed by atoms with Crippen LogP contribution in [0.2, 0.25) is 0 Å². The number of aromatic nitrogens is 2. The highest BCUT2D eigenvalue weighted by Crippen LogP contribution is 2.10. The molecule has 1 aromatic heterocycles. The van der Waals surface area contributed by atoms with E-state index in [0.29, 0.717) is 0 Å². The third kappa shape index (κ3) is 2.78. The van der Waals surface area contributed by atoms with Crippen molar-refractivity contribution in [2.75, 3.05) is 0 Å². The van der Waals surface area contributed by atoms with Gasteiger partial charge in [0.1, 0.15) is 0 Å². The number of aromatic amines is 1. The molecule has 6 heteroatoms. The topological polar surface area (TPSA) is 92.2 Å². The third-order valence-electron chi connectivity index (χ3n) is 3.65. The Morgan fingerprint density at radius 1 is 1.17 bits per heavy atom. The lowest BCUT2D eigenvalue weighted by Gasteiger charge is -2.07. The van der Waals surface area contributed by atoms with E-state index < -0.39 is 17.2 Å². The zero-order valence-corrected chi connectivity index (χ0v) is 12.4. The highest BCUT2D eigenvalue weighted by molar-refractivity contribution is 5.92. The fourth-order valence-electron chi connectivity index (χ4n) is 2.52. The van der Waals surface area contributed by atoms with Gasteiger partial charge in [-0.2, -0.15) is 0 Å². The standard InChI is InChI=1S/C17H14N2O4/c1-10-3-2-4-11(7-10)9-19-15(20)13-6-5-12(16(21)22)8-14(13)18-17(19)23/h2-8H,9H2,1H3,(H,18,23)(H,21,22). The van der Waals surface area contributed by atoms with E-state index in [4.69, 9.17) is 5.11 Å². The monoisotopic (exact) mass is 310 g/mol. The van der Waals surface area contributed by atoms with Gasteiger partial charge in [0, 0.05) is 0 Å². The van der Waals surface area contributed by atoms with Crippen LogP contribution in [0.4, 0.5) is 0 Å². The predicted octanol–water partition coefficient (Wildman–Crippen LogP) is 1.74. The van der Waals surface area contributed by atoms with Crippen LogP contribution in [0.5, 0.6) is 0 Å². The van der Waals surface area contributed by atoms with Crippen LogP contribution >= 0.6 is 0 Å². The van der Waals surface area contributed by atoms with Gasteiger partial charge in [-0.05, 0) is 30.7 Å². The maximum Gasteiger partial charge on any atom is 0.335 e. The average Bonchev–Trinajstić information content (AvgIpc) is 2.51. The molecule has 0 spiro atoms. The Bertz CT molecular complexity index is 1030. The molecule has 23 heavy (non-hydrogen) atoms. The maximum atomic E-state index is 12.5. The molecule has 0 aliphatic heterocycles. The molecule has 0 aliphatic carbocycles. The van der Waals surface area contributed by atoms with E-state index in [1.807, 2.05) is 31.2 Å². The molecule has 3 rings (SSSR count). The molecule has 0 radical (unpaired) electrons. The van der Waals surface area contributed by atoms with Crippen LogP contribution in [0.15, 0.2) is 52.1 Å². The van der Waals surface area contributed by atoms with Crippen LogP contribution in [0.1, 0.15) is 21.5 Å². The van der Waals surface area contributed by atoms with Gasteiger partial charge in [0.2, 0.25) is 0 Å². The number of nitrogens with zero attached hydrogens (tertiary/aromatic N) is 1. The first kappa shape index (κ1) is 14.8. The number of aryl methyl sites for hydroxylation is 1. The fourth-order valence-corrected chi connectivity index (χ4v) is 2.52. The Morgan fingerprint density at radius 3 is 2.65 bits per heavy atom. The van der Waals surface area contributed by atoms with Gasteiger partial charge in [-0.25, -0.2) is 9.59 Å².